The molecule has 0 aliphatic heterocycles. The van der Waals surface area contributed by atoms with Gasteiger partial charge >= 0.3 is 6.00 Å². The maximum absolute atomic E-state index is 5.80. The molecule has 0 aliphatic carbocycles. The summed E-state index contributed by atoms with van der Waals surface area (Å²) in [7, 11) is 0. The molecule has 0 saturated carbocycles. The lowest BCUT2D eigenvalue weighted by atomic mass is 10.1. The van der Waals surface area contributed by atoms with Crippen LogP contribution in [0.1, 0.15) is 57.8 Å². The minimum Gasteiger partial charge on any atom is -0.127 e. The van der Waals surface area contributed by atoms with Gasteiger partial charge < -0.3 is 0 Å². The molecule has 0 N–H and O–H groups in total. The van der Waals surface area contributed by atoms with Crippen molar-refractivity contribution in [3.05, 3.63) is 0 Å². The van der Waals surface area contributed by atoms with Crippen LogP contribution in [0.2, 0.25) is 6.04 Å². The van der Waals surface area contributed by atoms with Crippen molar-refractivity contribution in [3.8, 4) is 0 Å². The number of hydrogen-bond acceptors (Lipinski definition) is 0. The van der Waals surface area contributed by atoms with Crippen molar-refractivity contribution in [1.29, 1.82) is 0 Å². The largest absolute Gasteiger partial charge is 0.341 e. The average molecular weight is 324 g/mol. The second-order valence-electron chi connectivity index (χ2n) is 4.24. The van der Waals surface area contributed by atoms with E-state index in [1.807, 2.05) is 0 Å². The molecule has 5 heteroatoms. The van der Waals surface area contributed by atoms with E-state index in [9.17, 15) is 0 Å². The molecular weight excluding hydrogens is 302 g/mol. The van der Waals surface area contributed by atoms with Gasteiger partial charge in [-0.2, -0.15) is 0 Å². The third kappa shape index (κ3) is 15.4. The molecule has 0 atom stereocenters. The highest BCUT2D eigenvalue weighted by atomic mass is 35.8. The van der Waals surface area contributed by atoms with Gasteiger partial charge in [-0.3, -0.25) is 0 Å². The third-order valence-corrected chi connectivity index (χ3v) is 5.48. The number of rotatable bonds is 11. The van der Waals surface area contributed by atoms with E-state index in [0.29, 0.717) is 0 Å². The fourth-order valence-corrected chi connectivity index (χ4v) is 3.70. The van der Waals surface area contributed by atoms with Crippen molar-refractivity contribution in [1.82, 2.24) is 0 Å². The van der Waals surface area contributed by atoms with Crippen LogP contribution in [0.5, 0.6) is 0 Å². The second kappa shape index (κ2) is 11.5. The molecule has 0 aromatic rings. The molecular formula is C11H22Cl4Si. The summed E-state index contributed by atoms with van der Waals surface area (Å²) in [6, 6.07) is -1.53. The lowest BCUT2D eigenvalue weighted by molar-refractivity contribution is 0.572. The molecule has 0 aliphatic rings. The van der Waals surface area contributed by atoms with Gasteiger partial charge in [0.2, 0.25) is 0 Å². The number of alkyl halides is 1. The van der Waals surface area contributed by atoms with Gasteiger partial charge in [-0.05, 0) is 12.5 Å². The van der Waals surface area contributed by atoms with Crippen LogP contribution in [-0.4, -0.2) is 11.9 Å². The Labute approximate surface area is 120 Å². The summed E-state index contributed by atoms with van der Waals surface area (Å²) in [5.74, 6) is 0.806. The molecule has 0 aromatic carbocycles. The highest BCUT2D eigenvalue weighted by Crippen LogP contribution is 2.27. The maximum atomic E-state index is 5.80. The number of unbranched alkanes of at least 4 members (excludes halogenated alkanes) is 8. The fourth-order valence-electron chi connectivity index (χ4n) is 1.66. The first kappa shape index (κ1) is 17.4. The second-order valence-corrected chi connectivity index (χ2v) is 13.9. The van der Waals surface area contributed by atoms with E-state index in [0.717, 1.165) is 24.8 Å². The van der Waals surface area contributed by atoms with Gasteiger partial charge in [-0.25, -0.2) is 0 Å². The summed E-state index contributed by atoms with van der Waals surface area (Å²) in [6.07, 6.45) is 11.3. The summed E-state index contributed by atoms with van der Waals surface area (Å²) in [5, 5.41) is 0. The minimum atomic E-state index is -2.34. The van der Waals surface area contributed by atoms with Crippen molar-refractivity contribution in [3.63, 3.8) is 0 Å². The Morgan fingerprint density at radius 2 is 0.938 bits per heavy atom. The first-order valence-corrected chi connectivity index (χ1v) is 12.0. The summed E-state index contributed by atoms with van der Waals surface area (Å²) < 4.78 is 0. The molecule has 0 fully saturated rings. The van der Waals surface area contributed by atoms with E-state index in [1.165, 1.54) is 44.9 Å². The quantitative estimate of drug-likeness (QED) is 0.179. The van der Waals surface area contributed by atoms with E-state index >= 15 is 0 Å². The number of halogens is 4. The molecule has 0 saturated heterocycles. The molecule has 0 rings (SSSR count). The molecule has 0 nitrogen and oxygen atoms in total. The molecule has 16 heavy (non-hydrogen) atoms. The minimum absolute atomic E-state index is 0.806. The Bertz CT molecular complexity index is 147. The lowest BCUT2D eigenvalue weighted by Crippen LogP contribution is -2.07. The van der Waals surface area contributed by atoms with Crippen LogP contribution in [0.15, 0.2) is 0 Å². The first-order valence-electron chi connectivity index (χ1n) is 6.19. The fraction of sp³-hybridized carbons (Fsp3) is 1.00. The van der Waals surface area contributed by atoms with E-state index < -0.39 is 6.00 Å². The lowest BCUT2D eigenvalue weighted by Gasteiger charge is -2.06. The van der Waals surface area contributed by atoms with Crippen molar-refractivity contribution < 1.29 is 0 Å². The van der Waals surface area contributed by atoms with Gasteiger partial charge in [0, 0.05) is 5.88 Å². The Morgan fingerprint density at radius 3 is 1.31 bits per heavy atom. The monoisotopic (exact) mass is 322 g/mol. The van der Waals surface area contributed by atoms with Crippen molar-refractivity contribution >= 4 is 50.8 Å². The van der Waals surface area contributed by atoms with Crippen LogP contribution in [-0.2, 0) is 0 Å². The molecule has 0 radical (unpaired) electrons. The predicted molar refractivity (Wildman–Crippen MR) is 80.4 cm³/mol. The highest BCUT2D eigenvalue weighted by molar-refractivity contribution is 7.64. The summed E-state index contributed by atoms with van der Waals surface area (Å²) in [6.45, 7) is 0. The Balaban J connectivity index is 2.99. The van der Waals surface area contributed by atoms with Crippen LogP contribution in [0, 0.1) is 0 Å². The smallest absolute Gasteiger partial charge is 0.127 e. The molecule has 0 amide bonds. The van der Waals surface area contributed by atoms with Gasteiger partial charge in [0.1, 0.15) is 0 Å². The molecule has 0 heterocycles. The summed E-state index contributed by atoms with van der Waals surface area (Å²) in [5.41, 5.74) is 0. The summed E-state index contributed by atoms with van der Waals surface area (Å²) in [4.78, 5) is 0. The van der Waals surface area contributed by atoms with Gasteiger partial charge in [0.05, 0.1) is 0 Å². The topological polar surface area (TPSA) is 0 Å². The van der Waals surface area contributed by atoms with Gasteiger partial charge in [0.25, 0.3) is 0 Å². The zero-order valence-electron chi connectivity index (χ0n) is 9.79. The van der Waals surface area contributed by atoms with Gasteiger partial charge in [-0.1, -0.05) is 51.4 Å². The highest BCUT2D eigenvalue weighted by Gasteiger charge is 2.23. The van der Waals surface area contributed by atoms with Crippen molar-refractivity contribution in [2.24, 2.45) is 0 Å². The Hall–Kier alpha value is 1.38. The zero-order chi connectivity index (χ0) is 12.3. The van der Waals surface area contributed by atoms with E-state index in [4.69, 9.17) is 44.8 Å². The van der Waals surface area contributed by atoms with Crippen LogP contribution in [0.3, 0.4) is 0 Å². The summed E-state index contributed by atoms with van der Waals surface area (Å²) >= 11 is 23.0. The standard InChI is InChI=1S/C11H22Cl4Si/c12-10-8-6-4-2-1-3-5-7-9-11-16(13,14)15/h1-11H2. The van der Waals surface area contributed by atoms with Gasteiger partial charge in [-0.15, -0.1) is 44.8 Å². The Kier molecular flexibility index (Phi) is 12.5. The molecule has 0 bridgehead atoms. The number of hydrogen-bond donors (Lipinski definition) is 0. The molecule has 0 aromatic heterocycles. The van der Waals surface area contributed by atoms with Crippen molar-refractivity contribution in [2.75, 3.05) is 5.88 Å². The van der Waals surface area contributed by atoms with Crippen molar-refractivity contribution in [2.45, 2.75) is 63.8 Å². The normalized spacial score (nSPS) is 12.0. The SMILES string of the molecule is ClCCCCCCCCCCC[Si](Cl)(Cl)Cl. The predicted octanol–water partition coefficient (Wildman–Crippen LogP) is 6.39. The van der Waals surface area contributed by atoms with Crippen LogP contribution in [0.25, 0.3) is 0 Å². The van der Waals surface area contributed by atoms with Crippen LogP contribution < -0.4 is 0 Å². The van der Waals surface area contributed by atoms with E-state index in [1.54, 1.807) is 0 Å². The Morgan fingerprint density at radius 1 is 0.562 bits per heavy atom. The van der Waals surface area contributed by atoms with E-state index in [2.05, 4.69) is 0 Å². The first-order chi connectivity index (χ1) is 7.56. The van der Waals surface area contributed by atoms with E-state index in [-0.39, 0.29) is 0 Å². The molecule has 98 valence electrons. The molecule has 0 unspecified atom stereocenters. The van der Waals surface area contributed by atoms with Gasteiger partial charge in [0.15, 0.2) is 0 Å². The third-order valence-electron chi connectivity index (χ3n) is 2.59. The molecule has 0 spiro atoms. The van der Waals surface area contributed by atoms with Crippen LogP contribution >= 0.6 is 44.8 Å². The zero-order valence-corrected chi connectivity index (χ0v) is 13.8. The average Bonchev–Trinajstić information content (AvgIpc) is 2.19. The maximum Gasteiger partial charge on any atom is 0.341 e. The van der Waals surface area contributed by atoms with Crippen LogP contribution in [0.4, 0.5) is 0 Å².